The summed E-state index contributed by atoms with van der Waals surface area (Å²) in [4.78, 5) is 22.4. The average Bonchev–Trinajstić information content (AvgIpc) is 3.45. The normalized spacial score (nSPS) is 18.4. The third kappa shape index (κ3) is 3.33. The largest absolute Gasteiger partial charge is 0.383 e. The summed E-state index contributed by atoms with van der Waals surface area (Å²) in [6.07, 6.45) is 3.02. The molecular formula is C21H22ClN5O4. The van der Waals surface area contributed by atoms with Gasteiger partial charge in [-0.2, -0.15) is 4.98 Å². The van der Waals surface area contributed by atoms with Crippen LogP contribution in [0.2, 0.25) is 5.02 Å². The summed E-state index contributed by atoms with van der Waals surface area (Å²) in [6, 6.07) is 5.48. The Labute approximate surface area is 182 Å². The van der Waals surface area contributed by atoms with E-state index in [9.17, 15) is 4.79 Å². The van der Waals surface area contributed by atoms with Gasteiger partial charge < -0.3 is 18.6 Å². The van der Waals surface area contributed by atoms with Crippen LogP contribution in [-0.2, 0) is 16.0 Å². The van der Waals surface area contributed by atoms with Gasteiger partial charge in [0.1, 0.15) is 23.6 Å². The number of rotatable bonds is 5. The highest BCUT2D eigenvalue weighted by molar-refractivity contribution is 6.35. The van der Waals surface area contributed by atoms with Gasteiger partial charge in [0.15, 0.2) is 0 Å². The standard InChI is InChI=1S/C21H22ClN5O4/c1-21(2)8-7-14(30-21)19-24-18(25-31-19)15-17-20(28)26(9-10-29-3)16-12(22)5-4-6-13(16)27(17)11-23-15/h4-6,11,14H,7-10H2,1-3H3. The second-order valence-corrected chi connectivity index (χ2v) is 8.64. The summed E-state index contributed by atoms with van der Waals surface area (Å²) < 4.78 is 20.0. The van der Waals surface area contributed by atoms with Gasteiger partial charge in [-0.15, -0.1) is 0 Å². The molecule has 0 bridgehead atoms. The lowest BCUT2D eigenvalue weighted by atomic mass is 10.1. The van der Waals surface area contributed by atoms with E-state index in [1.807, 2.05) is 26.0 Å². The van der Waals surface area contributed by atoms with Crippen molar-refractivity contribution in [3.8, 4) is 11.5 Å². The molecule has 10 heteroatoms. The topological polar surface area (TPSA) is 96.7 Å². The van der Waals surface area contributed by atoms with Crippen molar-refractivity contribution < 1.29 is 14.0 Å². The maximum atomic E-state index is 13.5. The molecule has 0 aliphatic carbocycles. The van der Waals surface area contributed by atoms with Gasteiger partial charge in [-0.1, -0.05) is 22.8 Å². The Bertz CT molecular complexity index is 1340. The van der Waals surface area contributed by atoms with Gasteiger partial charge in [-0.3, -0.25) is 9.20 Å². The number of hydrogen-bond donors (Lipinski definition) is 0. The second-order valence-electron chi connectivity index (χ2n) is 8.23. The molecule has 1 aliphatic heterocycles. The molecule has 31 heavy (non-hydrogen) atoms. The van der Waals surface area contributed by atoms with Gasteiger partial charge in [0.05, 0.1) is 28.3 Å². The minimum Gasteiger partial charge on any atom is -0.383 e. The van der Waals surface area contributed by atoms with Crippen LogP contribution in [0, 0.1) is 0 Å². The van der Waals surface area contributed by atoms with Crippen molar-refractivity contribution in [2.24, 2.45) is 0 Å². The second kappa shape index (κ2) is 7.44. The summed E-state index contributed by atoms with van der Waals surface area (Å²) in [5, 5.41) is 4.57. The van der Waals surface area contributed by atoms with Crippen molar-refractivity contribution >= 4 is 28.2 Å². The molecule has 0 spiro atoms. The average molecular weight is 444 g/mol. The van der Waals surface area contributed by atoms with Crippen LogP contribution in [0.1, 0.15) is 38.7 Å². The van der Waals surface area contributed by atoms with E-state index in [0.717, 1.165) is 18.4 Å². The minimum absolute atomic E-state index is 0.229. The summed E-state index contributed by atoms with van der Waals surface area (Å²) in [5.74, 6) is 0.646. The van der Waals surface area contributed by atoms with Crippen LogP contribution in [0.3, 0.4) is 0 Å². The number of imidazole rings is 1. The van der Waals surface area contributed by atoms with Gasteiger partial charge in [0.2, 0.25) is 5.82 Å². The van der Waals surface area contributed by atoms with Gasteiger partial charge in [0.25, 0.3) is 11.4 Å². The third-order valence-corrected chi connectivity index (χ3v) is 5.93. The van der Waals surface area contributed by atoms with E-state index in [1.54, 1.807) is 28.5 Å². The summed E-state index contributed by atoms with van der Waals surface area (Å²) in [5.41, 5.74) is 1.60. The first kappa shape index (κ1) is 20.2. The Hall–Kier alpha value is -2.75. The number of para-hydroxylation sites is 1. The van der Waals surface area contributed by atoms with Gasteiger partial charge in [0, 0.05) is 13.7 Å². The minimum atomic E-state index is -0.261. The van der Waals surface area contributed by atoms with Crippen LogP contribution in [0.5, 0.6) is 0 Å². The van der Waals surface area contributed by atoms with E-state index >= 15 is 0 Å². The molecule has 162 valence electrons. The number of nitrogens with zero attached hydrogens (tertiary/aromatic N) is 5. The number of halogens is 1. The number of fused-ring (bicyclic) bond motifs is 3. The Kier molecular flexibility index (Phi) is 4.84. The maximum Gasteiger partial charge on any atom is 0.277 e. The highest BCUT2D eigenvalue weighted by atomic mass is 35.5. The number of methoxy groups -OCH3 is 1. The van der Waals surface area contributed by atoms with E-state index in [2.05, 4.69) is 15.1 Å². The number of aromatic nitrogens is 5. The predicted octanol–water partition coefficient (Wildman–Crippen LogP) is 3.63. The molecule has 4 aromatic rings. The number of ether oxygens (including phenoxy) is 2. The molecule has 1 unspecified atom stereocenters. The van der Waals surface area contributed by atoms with E-state index in [0.29, 0.717) is 40.8 Å². The zero-order valence-electron chi connectivity index (χ0n) is 17.5. The quantitative estimate of drug-likeness (QED) is 0.464. The first-order chi connectivity index (χ1) is 14.9. The fraction of sp³-hybridized carbons (Fsp3) is 0.429. The van der Waals surface area contributed by atoms with Crippen molar-refractivity contribution in [2.75, 3.05) is 13.7 Å². The molecule has 0 radical (unpaired) electrons. The maximum absolute atomic E-state index is 13.5. The van der Waals surface area contributed by atoms with Gasteiger partial charge in [-0.05, 0) is 38.8 Å². The van der Waals surface area contributed by atoms with Crippen molar-refractivity contribution in [1.82, 2.24) is 24.1 Å². The molecule has 1 fully saturated rings. The van der Waals surface area contributed by atoms with Crippen LogP contribution in [-0.4, -0.2) is 43.4 Å². The van der Waals surface area contributed by atoms with Crippen LogP contribution >= 0.6 is 11.6 Å². The van der Waals surface area contributed by atoms with Crippen LogP contribution in [0.15, 0.2) is 33.8 Å². The van der Waals surface area contributed by atoms with Crippen LogP contribution in [0.4, 0.5) is 0 Å². The molecule has 0 saturated carbocycles. The Balaban J connectivity index is 1.67. The van der Waals surface area contributed by atoms with E-state index in [1.165, 1.54) is 0 Å². The molecule has 0 amide bonds. The lowest BCUT2D eigenvalue weighted by molar-refractivity contribution is -0.0292. The van der Waals surface area contributed by atoms with Gasteiger partial charge >= 0.3 is 0 Å². The molecule has 1 aliphatic rings. The molecule has 4 heterocycles. The first-order valence-corrected chi connectivity index (χ1v) is 10.5. The summed E-state index contributed by atoms with van der Waals surface area (Å²) >= 11 is 6.45. The van der Waals surface area contributed by atoms with Crippen LogP contribution < -0.4 is 5.56 Å². The smallest absolute Gasteiger partial charge is 0.277 e. The molecule has 9 nitrogen and oxygen atoms in total. The monoisotopic (exact) mass is 443 g/mol. The molecule has 5 rings (SSSR count). The Morgan fingerprint density at radius 1 is 1.32 bits per heavy atom. The molecule has 3 aromatic heterocycles. The van der Waals surface area contributed by atoms with E-state index in [4.69, 9.17) is 25.6 Å². The fourth-order valence-electron chi connectivity index (χ4n) is 4.11. The summed E-state index contributed by atoms with van der Waals surface area (Å²) in [7, 11) is 1.59. The lowest BCUT2D eigenvalue weighted by Gasteiger charge is -2.17. The predicted molar refractivity (Wildman–Crippen MR) is 114 cm³/mol. The number of hydrogen-bond acceptors (Lipinski definition) is 7. The third-order valence-electron chi connectivity index (χ3n) is 5.63. The summed E-state index contributed by atoms with van der Waals surface area (Å²) in [6.45, 7) is 4.78. The zero-order chi connectivity index (χ0) is 21.8. The lowest BCUT2D eigenvalue weighted by Crippen LogP contribution is -2.25. The van der Waals surface area contributed by atoms with Crippen molar-refractivity contribution in [2.45, 2.75) is 44.9 Å². The fourth-order valence-corrected chi connectivity index (χ4v) is 4.38. The molecule has 1 aromatic carbocycles. The first-order valence-electron chi connectivity index (χ1n) is 10.1. The van der Waals surface area contributed by atoms with E-state index in [-0.39, 0.29) is 23.1 Å². The van der Waals surface area contributed by atoms with Crippen molar-refractivity contribution in [1.29, 1.82) is 0 Å². The zero-order valence-corrected chi connectivity index (χ0v) is 18.2. The Morgan fingerprint density at radius 3 is 2.90 bits per heavy atom. The molecule has 0 N–H and O–H groups in total. The number of benzene rings is 1. The highest BCUT2D eigenvalue weighted by Gasteiger charge is 2.36. The SMILES string of the molecule is COCCn1c(=O)c2c(-c3noc(C4CCC(C)(C)O4)n3)ncn2c2cccc(Cl)c21. The van der Waals surface area contributed by atoms with Crippen LogP contribution in [0.25, 0.3) is 28.1 Å². The highest BCUT2D eigenvalue weighted by Crippen LogP contribution is 2.38. The van der Waals surface area contributed by atoms with E-state index < -0.39 is 0 Å². The van der Waals surface area contributed by atoms with Gasteiger partial charge in [-0.25, -0.2) is 4.98 Å². The Morgan fingerprint density at radius 2 is 2.16 bits per heavy atom. The van der Waals surface area contributed by atoms with Crippen molar-refractivity contribution in [3.05, 3.63) is 45.8 Å². The molecular weight excluding hydrogens is 422 g/mol. The van der Waals surface area contributed by atoms with Crippen molar-refractivity contribution in [3.63, 3.8) is 0 Å². The molecule has 1 atom stereocenters. The molecule has 1 saturated heterocycles.